The average Bonchev–Trinajstić information content (AvgIpc) is 2.34. The summed E-state index contributed by atoms with van der Waals surface area (Å²) in [6, 6.07) is 8.20. The Balaban J connectivity index is 1.96. The van der Waals surface area contributed by atoms with E-state index in [1.807, 2.05) is 18.2 Å². The molecule has 1 aliphatic carbocycles. The van der Waals surface area contributed by atoms with Gasteiger partial charge in [-0.25, -0.2) is 0 Å². The van der Waals surface area contributed by atoms with Crippen LogP contribution < -0.4 is 10.5 Å². The SMILES string of the molecule is COc1ccccc1CC(N)CC1(OC)CCC1. The van der Waals surface area contributed by atoms with Crippen LogP contribution in [0, 0.1) is 0 Å². The summed E-state index contributed by atoms with van der Waals surface area (Å²) in [5.41, 5.74) is 7.49. The van der Waals surface area contributed by atoms with Crippen LogP contribution >= 0.6 is 0 Å². The van der Waals surface area contributed by atoms with E-state index in [-0.39, 0.29) is 11.6 Å². The van der Waals surface area contributed by atoms with Crippen molar-refractivity contribution in [2.75, 3.05) is 14.2 Å². The minimum atomic E-state index is 0.0431. The van der Waals surface area contributed by atoms with E-state index >= 15 is 0 Å². The van der Waals surface area contributed by atoms with Crippen molar-refractivity contribution in [2.24, 2.45) is 5.73 Å². The largest absolute Gasteiger partial charge is 0.496 e. The lowest BCUT2D eigenvalue weighted by Crippen LogP contribution is -2.45. The molecule has 0 saturated heterocycles. The maximum Gasteiger partial charge on any atom is 0.122 e. The zero-order valence-corrected chi connectivity index (χ0v) is 11.3. The first-order valence-corrected chi connectivity index (χ1v) is 6.62. The van der Waals surface area contributed by atoms with Crippen LogP contribution in [0.25, 0.3) is 0 Å². The van der Waals surface area contributed by atoms with Gasteiger partial charge in [-0.3, -0.25) is 0 Å². The van der Waals surface area contributed by atoms with Crippen molar-refractivity contribution in [3.8, 4) is 5.75 Å². The molecule has 1 unspecified atom stereocenters. The number of benzene rings is 1. The monoisotopic (exact) mass is 249 g/mol. The summed E-state index contributed by atoms with van der Waals surface area (Å²) in [5, 5.41) is 0. The molecule has 1 atom stereocenters. The third kappa shape index (κ3) is 2.85. The highest BCUT2D eigenvalue weighted by Gasteiger charge is 2.38. The van der Waals surface area contributed by atoms with Gasteiger partial charge < -0.3 is 15.2 Å². The van der Waals surface area contributed by atoms with Gasteiger partial charge in [0.2, 0.25) is 0 Å². The summed E-state index contributed by atoms with van der Waals surface area (Å²) in [6.45, 7) is 0. The topological polar surface area (TPSA) is 44.5 Å². The molecule has 2 rings (SSSR count). The van der Waals surface area contributed by atoms with Crippen molar-refractivity contribution in [1.82, 2.24) is 0 Å². The third-order valence-electron chi connectivity index (χ3n) is 4.01. The van der Waals surface area contributed by atoms with Gasteiger partial charge in [0.05, 0.1) is 12.7 Å². The van der Waals surface area contributed by atoms with Crippen LogP contribution in [0.4, 0.5) is 0 Å². The molecule has 0 bridgehead atoms. The summed E-state index contributed by atoms with van der Waals surface area (Å²) in [6.07, 6.45) is 5.32. The molecular formula is C15H23NO2. The van der Waals surface area contributed by atoms with Crippen LogP contribution in [-0.2, 0) is 11.2 Å². The summed E-state index contributed by atoms with van der Waals surface area (Å²) in [5.74, 6) is 0.924. The predicted octanol–water partition coefficient (Wildman–Crippen LogP) is 2.52. The second-order valence-electron chi connectivity index (χ2n) is 5.22. The summed E-state index contributed by atoms with van der Waals surface area (Å²) >= 11 is 0. The van der Waals surface area contributed by atoms with Crippen LogP contribution in [0.2, 0.25) is 0 Å². The van der Waals surface area contributed by atoms with E-state index in [9.17, 15) is 0 Å². The standard InChI is InChI=1S/C15H23NO2/c1-17-14-7-4-3-6-12(14)10-13(16)11-15(18-2)8-5-9-15/h3-4,6-7,13H,5,8-11,16H2,1-2H3. The van der Waals surface area contributed by atoms with E-state index in [0.29, 0.717) is 0 Å². The lowest BCUT2D eigenvalue weighted by atomic mass is 9.75. The van der Waals surface area contributed by atoms with E-state index in [2.05, 4.69) is 6.07 Å². The van der Waals surface area contributed by atoms with E-state index in [1.54, 1.807) is 14.2 Å². The van der Waals surface area contributed by atoms with Gasteiger partial charge in [0.1, 0.15) is 5.75 Å². The number of rotatable bonds is 6. The molecule has 0 radical (unpaired) electrons. The highest BCUT2D eigenvalue weighted by atomic mass is 16.5. The predicted molar refractivity (Wildman–Crippen MR) is 72.9 cm³/mol. The van der Waals surface area contributed by atoms with Crippen molar-refractivity contribution in [1.29, 1.82) is 0 Å². The fraction of sp³-hybridized carbons (Fsp3) is 0.600. The molecule has 1 aliphatic rings. The molecule has 1 saturated carbocycles. The van der Waals surface area contributed by atoms with Crippen LogP contribution in [0.1, 0.15) is 31.2 Å². The molecule has 18 heavy (non-hydrogen) atoms. The maximum atomic E-state index is 6.26. The molecule has 0 aromatic heterocycles. The highest BCUT2D eigenvalue weighted by Crippen LogP contribution is 2.39. The van der Waals surface area contributed by atoms with Crippen molar-refractivity contribution in [3.63, 3.8) is 0 Å². The van der Waals surface area contributed by atoms with Crippen molar-refractivity contribution in [2.45, 2.75) is 43.7 Å². The Kier molecular flexibility index (Phi) is 4.25. The van der Waals surface area contributed by atoms with E-state index < -0.39 is 0 Å². The second kappa shape index (κ2) is 5.72. The smallest absolute Gasteiger partial charge is 0.122 e. The minimum Gasteiger partial charge on any atom is -0.496 e. The van der Waals surface area contributed by atoms with Crippen LogP contribution in [-0.4, -0.2) is 25.9 Å². The number of hydrogen-bond donors (Lipinski definition) is 1. The molecule has 2 N–H and O–H groups in total. The van der Waals surface area contributed by atoms with Gasteiger partial charge in [-0.05, 0) is 43.7 Å². The molecule has 1 aromatic rings. The molecule has 0 spiro atoms. The van der Waals surface area contributed by atoms with Crippen molar-refractivity contribution < 1.29 is 9.47 Å². The van der Waals surface area contributed by atoms with Gasteiger partial charge in [-0.2, -0.15) is 0 Å². The normalized spacial score (nSPS) is 19.1. The second-order valence-corrected chi connectivity index (χ2v) is 5.22. The lowest BCUT2D eigenvalue weighted by Gasteiger charge is -2.42. The maximum absolute atomic E-state index is 6.26. The van der Waals surface area contributed by atoms with E-state index in [4.69, 9.17) is 15.2 Å². The molecule has 0 aliphatic heterocycles. The van der Waals surface area contributed by atoms with Gasteiger partial charge in [0.25, 0.3) is 0 Å². The zero-order chi connectivity index (χ0) is 13.0. The average molecular weight is 249 g/mol. The van der Waals surface area contributed by atoms with Crippen molar-refractivity contribution in [3.05, 3.63) is 29.8 Å². The fourth-order valence-electron chi connectivity index (χ4n) is 2.77. The zero-order valence-electron chi connectivity index (χ0n) is 11.3. The van der Waals surface area contributed by atoms with Crippen LogP contribution in [0.5, 0.6) is 5.75 Å². The summed E-state index contributed by atoms with van der Waals surface area (Å²) in [7, 11) is 3.50. The van der Waals surface area contributed by atoms with Gasteiger partial charge >= 0.3 is 0 Å². The Morgan fingerprint density at radius 1 is 1.28 bits per heavy atom. The fourth-order valence-corrected chi connectivity index (χ4v) is 2.77. The minimum absolute atomic E-state index is 0.0431. The molecule has 100 valence electrons. The molecule has 1 fully saturated rings. The quantitative estimate of drug-likeness (QED) is 0.842. The van der Waals surface area contributed by atoms with Gasteiger partial charge in [-0.15, -0.1) is 0 Å². The summed E-state index contributed by atoms with van der Waals surface area (Å²) in [4.78, 5) is 0. The van der Waals surface area contributed by atoms with E-state index in [1.165, 1.54) is 12.0 Å². The number of methoxy groups -OCH3 is 2. The highest BCUT2D eigenvalue weighted by molar-refractivity contribution is 5.33. The molecule has 0 amide bonds. The molecule has 3 heteroatoms. The number of hydrogen-bond acceptors (Lipinski definition) is 3. The van der Waals surface area contributed by atoms with E-state index in [0.717, 1.165) is 31.4 Å². The summed E-state index contributed by atoms with van der Waals surface area (Å²) < 4.78 is 11.0. The van der Waals surface area contributed by atoms with Crippen LogP contribution in [0.15, 0.2) is 24.3 Å². The van der Waals surface area contributed by atoms with Gasteiger partial charge in [-0.1, -0.05) is 18.2 Å². The van der Waals surface area contributed by atoms with Gasteiger partial charge in [0.15, 0.2) is 0 Å². The number of nitrogens with two attached hydrogens (primary N) is 1. The lowest BCUT2D eigenvalue weighted by molar-refractivity contribution is -0.0813. The van der Waals surface area contributed by atoms with Crippen LogP contribution in [0.3, 0.4) is 0 Å². The Hall–Kier alpha value is -1.06. The molecule has 3 nitrogen and oxygen atoms in total. The molecular weight excluding hydrogens is 226 g/mol. The Labute approximate surface area is 109 Å². The first-order chi connectivity index (χ1) is 8.69. The van der Waals surface area contributed by atoms with Crippen molar-refractivity contribution >= 4 is 0 Å². The van der Waals surface area contributed by atoms with Gasteiger partial charge in [0, 0.05) is 13.2 Å². The molecule has 1 aromatic carbocycles. The Bertz CT molecular complexity index is 382. The third-order valence-corrected chi connectivity index (χ3v) is 4.01. The Morgan fingerprint density at radius 2 is 2.00 bits per heavy atom. The number of para-hydroxylation sites is 1. The number of ether oxygens (including phenoxy) is 2. The first kappa shape index (κ1) is 13.4. The first-order valence-electron chi connectivity index (χ1n) is 6.62. The Morgan fingerprint density at radius 3 is 2.56 bits per heavy atom. The molecule has 0 heterocycles.